The second-order valence-electron chi connectivity index (χ2n) is 7.23. The third-order valence-corrected chi connectivity index (χ3v) is 4.91. The molecule has 0 fully saturated rings. The minimum atomic E-state index is -0.405. The van der Waals surface area contributed by atoms with Crippen LogP contribution in [0.25, 0.3) is 11.6 Å². The average Bonchev–Trinajstić information content (AvgIpc) is 3.19. The Bertz CT molecular complexity index is 1210. The normalized spacial score (nSPS) is 13.0. The number of ketones is 1. The first-order chi connectivity index (χ1) is 16.1. The largest absolute Gasteiger partial charge is 0.490 e. The molecule has 6 heteroatoms. The van der Waals surface area contributed by atoms with E-state index < -0.39 is 11.8 Å². The molecule has 0 atom stereocenters. The van der Waals surface area contributed by atoms with Gasteiger partial charge in [-0.05, 0) is 41.5 Å². The van der Waals surface area contributed by atoms with Gasteiger partial charge in [0.15, 0.2) is 5.78 Å². The Morgan fingerprint density at radius 3 is 1.97 bits per heavy atom. The van der Waals surface area contributed by atoms with Crippen molar-refractivity contribution in [3.63, 3.8) is 0 Å². The van der Waals surface area contributed by atoms with Gasteiger partial charge in [-0.3, -0.25) is 19.7 Å². The summed E-state index contributed by atoms with van der Waals surface area (Å²) in [5.74, 6) is 0.488. The maximum Gasteiger partial charge on any atom is 0.258 e. The Kier molecular flexibility index (Phi) is 6.75. The summed E-state index contributed by atoms with van der Waals surface area (Å²) in [5.41, 5.74) is 2.55. The molecule has 2 amide bonds. The lowest BCUT2D eigenvalue weighted by molar-refractivity contribution is -0.123. The van der Waals surface area contributed by atoms with Crippen LogP contribution in [0.4, 0.5) is 0 Å². The molecule has 0 saturated carbocycles. The summed E-state index contributed by atoms with van der Waals surface area (Å²) >= 11 is 0. The number of ether oxygens (including phenoxy) is 2. The predicted octanol–water partition coefficient (Wildman–Crippen LogP) is 4.08. The topological polar surface area (TPSA) is 81.7 Å². The Hall–Kier alpha value is -4.45. The summed E-state index contributed by atoms with van der Waals surface area (Å²) in [5, 5.41) is 2.22. The van der Waals surface area contributed by atoms with Gasteiger partial charge in [-0.25, -0.2) is 0 Å². The van der Waals surface area contributed by atoms with Gasteiger partial charge >= 0.3 is 0 Å². The zero-order valence-electron chi connectivity index (χ0n) is 17.7. The first-order valence-corrected chi connectivity index (χ1v) is 10.4. The van der Waals surface area contributed by atoms with Crippen LogP contribution < -0.4 is 14.8 Å². The summed E-state index contributed by atoms with van der Waals surface area (Å²) in [6.07, 6.45) is 4.61. The standard InChI is InChI=1S/C27H21NO5/c29-25(21-4-2-1-3-5-21)15-8-19-6-11-22(12-7-19)32-16-17-33-23-13-9-20(10-14-23)24-18-26(30)28-27(24)31/h1-15,18H,16-17H2,(H,28,30,31). The number of hydrogen-bond acceptors (Lipinski definition) is 5. The van der Waals surface area contributed by atoms with E-state index in [0.717, 1.165) is 5.56 Å². The van der Waals surface area contributed by atoms with Gasteiger partial charge in [0.2, 0.25) is 0 Å². The first-order valence-electron chi connectivity index (χ1n) is 10.4. The Morgan fingerprint density at radius 2 is 1.39 bits per heavy atom. The minimum absolute atomic E-state index is 0.0437. The van der Waals surface area contributed by atoms with Crippen LogP contribution in [0.3, 0.4) is 0 Å². The molecule has 0 radical (unpaired) electrons. The number of amides is 2. The molecule has 0 saturated heterocycles. The molecular formula is C27H21NO5. The number of imide groups is 1. The van der Waals surface area contributed by atoms with E-state index in [-0.39, 0.29) is 5.78 Å². The summed E-state index contributed by atoms with van der Waals surface area (Å²) in [7, 11) is 0. The van der Waals surface area contributed by atoms with Crippen LogP contribution in [-0.4, -0.2) is 30.8 Å². The lowest BCUT2D eigenvalue weighted by Gasteiger charge is -2.09. The van der Waals surface area contributed by atoms with Gasteiger partial charge in [-0.15, -0.1) is 0 Å². The predicted molar refractivity (Wildman–Crippen MR) is 125 cm³/mol. The molecule has 1 N–H and O–H groups in total. The van der Waals surface area contributed by atoms with Gasteiger partial charge < -0.3 is 9.47 Å². The molecule has 4 rings (SSSR count). The average molecular weight is 439 g/mol. The fourth-order valence-electron chi connectivity index (χ4n) is 3.22. The molecule has 1 heterocycles. The molecule has 33 heavy (non-hydrogen) atoms. The number of hydrogen-bond donors (Lipinski definition) is 1. The summed E-state index contributed by atoms with van der Waals surface area (Å²) < 4.78 is 11.4. The summed E-state index contributed by atoms with van der Waals surface area (Å²) in [6, 6.07) is 23.5. The molecule has 1 aliphatic rings. The Labute approximate surface area is 191 Å². The molecule has 0 bridgehead atoms. The van der Waals surface area contributed by atoms with E-state index in [4.69, 9.17) is 9.47 Å². The van der Waals surface area contributed by atoms with Crippen LogP contribution in [0.15, 0.2) is 91.0 Å². The molecule has 3 aromatic rings. The number of rotatable bonds is 9. The number of benzene rings is 3. The van der Waals surface area contributed by atoms with Crippen molar-refractivity contribution in [2.24, 2.45) is 0 Å². The van der Waals surface area contributed by atoms with Crippen LogP contribution in [0, 0.1) is 0 Å². The zero-order chi connectivity index (χ0) is 23.0. The zero-order valence-corrected chi connectivity index (χ0v) is 17.7. The Balaban J connectivity index is 1.22. The third-order valence-electron chi connectivity index (χ3n) is 4.91. The number of carbonyl (C=O) groups excluding carboxylic acids is 3. The van der Waals surface area contributed by atoms with E-state index in [1.807, 2.05) is 42.5 Å². The van der Waals surface area contributed by atoms with Crippen molar-refractivity contribution in [3.05, 3.63) is 108 Å². The van der Waals surface area contributed by atoms with Gasteiger partial charge in [-0.2, -0.15) is 0 Å². The van der Waals surface area contributed by atoms with Gasteiger partial charge in [0, 0.05) is 11.6 Å². The molecular weight excluding hydrogens is 418 g/mol. The third kappa shape index (κ3) is 5.83. The van der Waals surface area contributed by atoms with E-state index in [2.05, 4.69) is 5.32 Å². The molecule has 0 unspecified atom stereocenters. The van der Waals surface area contributed by atoms with E-state index in [1.54, 1.807) is 48.6 Å². The van der Waals surface area contributed by atoms with Crippen molar-refractivity contribution in [1.82, 2.24) is 5.32 Å². The monoisotopic (exact) mass is 439 g/mol. The highest BCUT2D eigenvalue weighted by molar-refractivity contribution is 6.33. The van der Waals surface area contributed by atoms with Gasteiger partial charge in [0.1, 0.15) is 24.7 Å². The second-order valence-corrected chi connectivity index (χ2v) is 7.23. The minimum Gasteiger partial charge on any atom is -0.490 e. The highest BCUT2D eigenvalue weighted by Gasteiger charge is 2.21. The van der Waals surface area contributed by atoms with E-state index in [1.165, 1.54) is 6.08 Å². The van der Waals surface area contributed by atoms with Gasteiger partial charge in [0.25, 0.3) is 11.8 Å². The molecule has 0 aliphatic carbocycles. The molecule has 164 valence electrons. The summed E-state index contributed by atoms with van der Waals surface area (Å²) in [4.78, 5) is 35.1. The molecule has 1 aliphatic heterocycles. The quantitative estimate of drug-likeness (QED) is 0.235. The van der Waals surface area contributed by atoms with Gasteiger partial charge in [0.05, 0.1) is 5.57 Å². The lowest BCUT2D eigenvalue weighted by Crippen LogP contribution is -2.21. The molecule has 3 aromatic carbocycles. The van der Waals surface area contributed by atoms with Gasteiger partial charge in [-0.1, -0.05) is 60.7 Å². The van der Waals surface area contributed by atoms with E-state index >= 15 is 0 Å². The first kappa shape index (κ1) is 21.8. The van der Waals surface area contributed by atoms with Crippen LogP contribution in [0.2, 0.25) is 0 Å². The number of nitrogens with one attached hydrogen (secondary N) is 1. The molecule has 6 nitrogen and oxygen atoms in total. The van der Waals surface area contributed by atoms with E-state index in [0.29, 0.717) is 41.4 Å². The van der Waals surface area contributed by atoms with Crippen molar-refractivity contribution in [2.45, 2.75) is 0 Å². The van der Waals surface area contributed by atoms with Crippen molar-refractivity contribution < 1.29 is 23.9 Å². The fourth-order valence-corrected chi connectivity index (χ4v) is 3.22. The van der Waals surface area contributed by atoms with E-state index in [9.17, 15) is 14.4 Å². The van der Waals surface area contributed by atoms with Crippen LogP contribution in [0.5, 0.6) is 11.5 Å². The highest BCUT2D eigenvalue weighted by atomic mass is 16.5. The number of carbonyl (C=O) groups is 3. The van der Waals surface area contributed by atoms with Crippen LogP contribution in [-0.2, 0) is 9.59 Å². The van der Waals surface area contributed by atoms with Crippen molar-refractivity contribution >= 4 is 29.2 Å². The van der Waals surface area contributed by atoms with Crippen molar-refractivity contribution in [2.75, 3.05) is 13.2 Å². The molecule has 0 spiro atoms. The van der Waals surface area contributed by atoms with Crippen molar-refractivity contribution in [1.29, 1.82) is 0 Å². The maximum atomic E-state index is 12.1. The highest BCUT2D eigenvalue weighted by Crippen LogP contribution is 2.21. The maximum absolute atomic E-state index is 12.1. The SMILES string of the molecule is O=C1C=C(c2ccc(OCCOc3ccc(C=CC(=O)c4ccccc4)cc3)cc2)C(=O)N1. The van der Waals surface area contributed by atoms with Crippen molar-refractivity contribution in [3.8, 4) is 11.5 Å². The Morgan fingerprint density at radius 1 is 0.788 bits per heavy atom. The molecule has 0 aromatic heterocycles. The second kappa shape index (κ2) is 10.2. The lowest BCUT2D eigenvalue weighted by atomic mass is 10.1. The summed E-state index contributed by atoms with van der Waals surface area (Å²) in [6.45, 7) is 0.694. The fraction of sp³-hybridized carbons (Fsp3) is 0.0741. The number of allylic oxidation sites excluding steroid dienone is 1. The van der Waals surface area contributed by atoms with Crippen LogP contribution >= 0.6 is 0 Å². The smallest absolute Gasteiger partial charge is 0.258 e. The van der Waals surface area contributed by atoms with Crippen LogP contribution in [0.1, 0.15) is 21.5 Å².